The van der Waals surface area contributed by atoms with Crippen LogP contribution in [-0.2, 0) is 0 Å². The molecular formula is C19H19ClN2O5. The van der Waals surface area contributed by atoms with Gasteiger partial charge in [-0.3, -0.25) is 19.9 Å². The van der Waals surface area contributed by atoms with Crippen molar-refractivity contribution in [3.05, 3.63) is 74.8 Å². The lowest BCUT2D eigenvalue weighted by Crippen LogP contribution is -2.22. The summed E-state index contributed by atoms with van der Waals surface area (Å²) < 4.78 is 0. The molecule has 2 aromatic rings. The Labute approximate surface area is 161 Å². The molecule has 0 fully saturated rings. The zero-order chi connectivity index (χ0) is 20.0. The van der Waals surface area contributed by atoms with Crippen LogP contribution in [0.4, 0.5) is 5.69 Å². The second kappa shape index (κ2) is 9.36. The third-order valence-electron chi connectivity index (χ3n) is 3.97. The van der Waals surface area contributed by atoms with E-state index in [0.717, 1.165) is 0 Å². The number of nitro benzene ring substituents is 1. The average Bonchev–Trinajstić information content (AvgIpc) is 2.66. The minimum Gasteiger partial charge on any atom is -0.394 e. The molecule has 0 radical (unpaired) electrons. The van der Waals surface area contributed by atoms with E-state index in [-0.39, 0.29) is 17.9 Å². The zero-order valence-corrected chi connectivity index (χ0v) is 15.3. The Morgan fingerprint density at radius 3 is 2.30 bits per heavy atom. The van der Waals surface area contributed by atoms with Crippen molar-refractivity contribution >= 4 is 28.8 Å². The molecule has 0 aliphatic heterocycles. The number of Topliss-reactive ketones (excluding diaryl/α,β-unsaturated/α-hetero) is 1. The molecule has 0 aromatic heterocycles. The number of halogens is 1. The maximum atomic E-state index is 12.3. The maximum absolute atomic E-state index is 12.3. The lowest BCUT2D eigenvalue weighted by Gasteiger charge is -2.18. The van der Waals surface area contributed by atoms with E-state index < -0.39 is 23.7 Å². The molecule has 0 bridgehead atoms. The predicted octanol–water partition coefficient (Wildman–Crippen LogP) is 3.38. The molecule has 2 rings (SSSR count). The minimum absolute atomic E-state index is 0.0329. The summed E-state index contributed by atoms with van der Waals surface area (Å²) in [5, 5.41) is 31.2. The summed E-state index contributed by atoms with van der Waals surface area (Å²) in [5.41, 5.74) is 1.24. The van der Waals surface area contributed by atoms with Gasteiger partial charge in [0.05, 0.1) is 11.5 Å². The van der Waals surface area contributed by atoms with E-state index in [1.54, 1.807) is 31.2 Å². The van der Waals surface area contributed by atoms with Crippen LogP contribution in [0, 0.1) is 10.1 Å². The first kappa shape index (κ1) is 20.7. The highest BCUT2D eigenvalue weighted by molar-refractivity contribution is 6.30. The SMILES string of the molecule is CC(CC(=O)c1ccc(Cl)cc1)=N[C@H](CO)[C@@H](O)c1ccc([N+](=O)[O-])cc1. The monoisotopic (exact) mass is 390 g/mol. The van der Waals surface area contributed by atoms with E-state index in [0.29, 0.717) is 21.9 Å². The third-order valence-corrected chi connectivity index (χ3v) is 4.22. The number of benzene rings is 2. The summed E-state index contributed by atoms with van der Waals surface area (Å²) in [6.45, 7) is 1.20. The maximum Gasteiger partial charge on any atom is 0.269 e. The largest absolute Gasteiger partial charge is 0.394 e. The fourth-order valence-corrected chi connectivity index (χ4v) is 2.65. The summed E-state index contributed by atoms with van der Waals surface area (Å²) in [4.78, 5) is 26.7. The number of carbonyl (C=O) groups is 1. The van der Waals surface area contributed by atoms with Crippen LogP contribution in [0.3, 0.4) is 0 Å². The molecule has 0 aliphatic rings. The van der Waals surface area contributed by atoms with Gasteiger partial charge in [0.2, 0.25) is 0 Å². The highest BCUT2D eigenvalue weighted by atomic mass is 35.5. The van der Waals surface area contributed by atoms with Gasteiger partial charge in [-0.25, -0.2) is 0 Å². The first-order chi connectivity index (χ1) is 12.8. The van der Waals surface area contributed by atoms with Crippen LogP contribution in [0.15, 0.2) is 53.5 Å². The van der Waals surface area contributed by atoms with E-state index >= 15 is 0 Å². The number of aliphatic hydroxyl groups excluding tert-OH is 2. The highest BCUT2D eigenvalue weighted by Crippen LogP contribution is 2.22. The number of nitro groups is 1. The predicted molar refractivity (Wildman–Crippen MR) is 102 cm³/mol. The second-order valence-corrected chi connectivity index (χ2v) is 6.45. The number of rotatable bonds is 8. The number of aliphatic imine (C=N–C) groups is 1. The number of nitrogens with zero attached hydrogens (tertiary/aromatic N) is 2. The van der Waals surface area contributed by atoms with Crippen molar-refractivity contribution in [3.8, 4) is 0 Å². The molecule has 142 valence electrons. The Morgan fingerprint density at radius 1 is 1.19 bits per heavy atom. The van der Waals surface area contributed by atoms with Crippen LogP contribution < -0.4 is 0 Å². The van der Waals surface area contributed by atoms with Gasteiger partial charge >= 0.3 is 0 Å². The van der Waals surface area contributed by atoms with Gasteiger partial charge in [-0.15, -0.1) is 0 Å². The van der Waals surface area contributed by atoms with Crippen LogP contribution in [0.2, 0.25) is 5.02 Å². The number of hydrogen-bond acceptors (Lipinski definition) is 6. The summed E-state index contributed by atoms with van der Waals surface area (Å²) in [6, 6.07) is 11.0. The molecule has 27 heavy (non-hydrogen) atoms. The van der Waals surface area contributed by atoms with Crippen LogP contribution in [0.5, 0.6) is 0 Å². The van der Waals surface area contributed by atoms with Crippen molar-refractivity contribution in [1.82, 2.24) is 0 Å². The Kier molecular flexibility index (Phi) is 7.18. The van der Waals surface area contributed by atoms with E-state index in [9.17, 15) is 25.1 Å². The molecule has 0 aliphatic carbocycles. The smallest absolute Gasteiger partial charge is 0.269 e. The highest BCUT2D eigenvalue weighted by Gasteiger charge is 2.21. The summed E-state index contributed by atoms with van der Waals surface area (Å²) in [5.74, 6) is -0.158. The molecule has 0 saturated heterocycles. The molecular weight excluding hydrogens is 372 g/mol. The van der Waals surface area contributed by atoms with Gasteiger partial charge in [0, 0.05) is 34.9 Å². The van der Waals surface area contributed by atoms with Crippen molar-refractivity contribution in [2.75, 3.05) is 6.61 Å². The molecule has 0 unspecified atom stereocenters. The standard InChI is InChI=1S/C19H19ClN2O5/c1-12(10-18(24)13-2-6-15(20)7-3-13)21-17(11-23)19(25)14-4-8-16(9-5-14)22(26)27/h2-9,17,19,23,25H,10-11H2,1H3/t17-,19+/m1/s1. The van der Waals surface area contributed by atoms with E-state index in [1.807, 2.05) is 0 Å². The van der Waals surface area contributed by atoms with Crippen molar-refractivity contribution in [1.29, 1.82) is 0 Å². The number of hydrogen-bond donors (Lipinski definition) is 2. The summed E-state index contributed by atoms with van der Waals surface area (Å²) >= 11 is 5.80. The third kappa shape index (κ3) is 5.68. The molecule has 7 nitrogen and oxygen atoms in total. The van der Waals surface area contributed by atoms with Gasteiger partial charge in [0.25, 0.3) is 5.69 Å². The Hall–Kier alpha value is -2.61. The Balaban J connectivity index is 2.09. The fraction of sp³-hybridized carbons (Fsp3) is 0.263. The average molecular weight is 391 g/mol. The van der Waals surface area contributed by atoms with E-state index in [2.05, 4.69) is 4.99 Å². The van der Waals surface area contributed by atoms with Crippen LogP contribution in [0.1, 0.15) is 35.4 Å². The molecule has 0 amide bonds. The molecule has 0 heterocycles. The van der Waals surface area contributed by atoms with Crippen LogP contribution >= 0.6 is 11.6 Å². The molecule has 2 N–H and O–H groups in total. The zero-order valence-electron chi connectivity index (χ0n) is 14.6. The first-order valence-electron chi connectivity index (χ1n) is 8.17. The van der Waals surface area contributed by atoms with Crippen molar-refractivity contribution < 1.29 is 19.9 Å². The van der Waals surface area contributed by atoms with Crippen molar-refractivity contribution in [3.63, 3.8) is 0 Å². The van der Waals surface area contributed by atoms with Gasteiger partial charge in [-0.05, 0) is 48.9 Å². The van der Waals surface area contributed by atoms with Gasteiger partial charge in [0.15, 0.2) is 5.78 Å². The molecule has 8 heteroatoms. The first-order valence-corrected chi connectivity index (χ1v) is 8.55. The number of carbonyl (C=O) groups excluding carboxylic acids is 1. The number of aliphatic hydroxyl groups is 2. The Morgan fingerprint density at radius 2 is 1.78 bits per heavy atom. The normalized spacial score (nSPS) is 13.9. The van der Waals surface area contributed by atoms with Gasteiger partial charge in [-0.2, -0.15) is 0 Å². The minimum atomic E-state index is -1.16. The Bertz CT molecular complexity index is 834. The van der Waals surface area contributed by atoms with Crippen LogP contribution in [-0.4, -0.2) is 39.3 Å². The topological polar surface area (TPSA) is 113 Å². The van der Waals surface area contributed by atoms with Crippen LogP contribution in [0.25, 0.3) is 0 Å². The lowest BCUT2D eigenvalue weighted by molar-refractivity contribution is -0.384. The lowest BCUT2D eigenvalue weighted by atomic mass is 10.0. The summed E-state index contributed by atoms with van der Waals surface area (Å²) in [7, 11) is 0. The van der Waals surface area contributed by atoms with Crippen molar-refractivity contribution in [2.24, 2.45) is 4.99 Å². The van der Waals surface area contributed by atoms with Gasteiger partial charge < -0.3 is 10.2 Å². The van der Waals surface area contributed by atoms with Gasteiger partial charge in [-0.1, -0.05) is 11.6 Å². The summed E-state index contributed by atoms with van der Waals surface area (Å²) in [6.07, 6.45) is -1.12. The molecule has 2 atom stereocenters. The van der Waals surface area contributed by atoms with E-state index in [1.165, 1.54) is 24.3 Å². The molecule has 0 spiro atoms. The molecule has 0 saturated carbocycles. The molecule has 2 aromatic carbocycles. The fourth-order valence-electron chi connectivity index (χ4n) is 2.53. The van der Waals surface area contributed by atoms with Gasteiger partial charge in [0.1, 0.15) is 12.1 Å². The van der Waals surface area contributed by atoms with Crippen molar-refractivity contribution in [2.45, 2.75) is 25.5 Å². The van der Waals surface area contributed by atoms with E-state index in [4.69, 9.17) is 11.6 Å². The second-order valence-electron chi connectivity index (χ2n) is 6.01. The quantitative estimate of drug-likeness (QED) is 0.310. The number of ketones is 1. The number of non-ortho nitro benzene ring substituents is 1.